The maximum Gasteiger partial charge on any atom is 0.0797 e. The lowest BCUT2D eigenvalue weighted by Crippen LogP contribution is -2.44. The average Bonchev–Trinajstić information content (AvgIpc) is 2.72. The van der Waals surface area contributed by atoms with E-state index in [0.29, 0.717) is 6.04 Å². The third-order valence-corrected chi connectivity index (χ3v) is 4.49. The summed E-state index contributed by atoms with van der Waals surface area (Å²) in [5.74, 6) is 0. The van der Waals surface area contributed by atoms with E-state index in [1.807, 2.05) is 5.51 Å². The van der Waals surface area contributed by atoms with Crippen molar-refractivity contribution in [3.05, 3.63) is 16.1 Å². The molecule has 0 aliphatic carbocycles. The first-order chi connectivity index (χ1) is 7.81. The zero-order valence-corrected chi connectivity index (χ0v) is 10.8. The Morgan fingerprint density at radius 1 is 1.56 bits per heavy atom. The van der Waals surface area contributed by atoms with Crippen LogP contribution in [0, 0.1) is 6.92 Å². The maximum atomic E-state index is 5.82. The molecule has 1 aromatic rings. The van der Waals surface area contributed by atoms with Gasteiger partial charge in [0.2, 0.25) is 0 Å². The van der Waals surface area contributed by atoms with Crippen LogP contribution in [-0.2, 0) is 6.42 Å². The lowest BCUT2D eigenvalue weighted by atomic mass is 10.0. The standard InChI is InChI=1S/C12H21N3S/c1-10-12(16-9-14-10)5-7-15-6-3-2-4-11(15)8-13/h9,11H,2-8,13H2,1H3. The number of piperidine rings is 1. The van der Waals surface area contributed by atoms with Crippen LogP contribution in [0.25, 0.3) is 0 Å². The minimum atomic E-state index is 0.613. The number of nitrogens with zero attached hydrogens (tertiary/aromatic N) is 2. The van der Waals surface area contributed by atoms with E-state index >= 15 is 0 Å². The molecule has 0 radical (unpaired) electrons. The molecule has 1 fully saturated rings. The summed E-state index contributed by atoms with van der Waals surface area (Å²) < 4.78 is 0. The Labute approximate surface area is 102 Å². The van der Waals surface area contributed by atoms with Crippen molar-refractivity contribution in [2.45, 2.75) is 38.6 Å². The minimum Gasteiger partial charge on any atom is -0.329 e. The van der Waals surface area contributed by atoms with E-state index < -0.39 is 0 Å². The van der Waals surface area contributed by atoms with E-state index in [4.69, 9.17) is 5.73 Å². The molecule has 0 aromatic carbocycles. The van der Waals surface area contributed by atoms with Crippen LogP contribution in [0.5, 0.6) is 0 Å². The Balaban J connectivity index is 1.86. The second-order valence-electron chi connectivity index (χ2n) is 4.53. The second kappa shape index (κ2) is 5.75. The molecule has 1 atom stereocenters. The second-order valence-corrected chi connectivity index (χ2v) is 5.47. The van der Waals surface area contributed by atoms with Gasteiger partial charge in [0, 0.05) is 24.0 Å². The topological polar surface area (TPSA) is 42.2 Å². The van der Waals surface area contributed by atoms with E-state index in [-0.39, 0.29) is 0 Å². The van der Waals surface area contributed by atoms with Gasteiger partial charge in [0.05, 0.1) is 11.2 Å². The van der Waals surface area contributed by atoms with Crippen molar-refractivity contribution in [2.24, 2.45) is 5.73 Å². The van der Waals surface area contributed by atoms with Crippen LogP contribution in [0.2, 0.25) is 0 Å². The number of aryl methyl sites for hydroxylation is 1. The fourth-order valence-corrected chi connectivity index (χ4v) is 3.20. The normalized spacial score (nSPS) is 22.5. The molecule has 4 heteroatoms. The summed E-state index contributed by atoms with van der Waals surface area (Å²) in [7, 11) is 0. The highest BCUT2D eigenvalue weighted by Crippen LogP contribution is 2.18. The lowest BCUT2D eigenvalue weighted by molar-refractivity contribution is 0.155. The molecular formula is C12H21N3S. The van der Waals surface area contributed by atoms with Crippen LogP contribution in [0.4, 0.5) is 0 Å². The molecule has 0 bridgehead atoms. The quantitative estimate of drug-likeness (QED) is 0.871. The van der Waals surface area contributed by atoms with Gasteiger partial charge in [-0.3, -0.25) is 4.90 Å². The molecule has 16 heavy (non-hydrogen) atoms. The number of hydrogen-bond donors (Lipinski definition) is 1. The molecule has 0 saturated carbocycles. The number of likely N-dealkylation sites (tertiary alicyclic amines) is 1. The van der Waals surface area contributed by atoms with Crippen molar-refractivity contribution in [3.8, 4) is 0 Å². The number of hydrogen-bond acceptors (Lipinski definition) is 4. The van der Waals surface area contributed by atoms with Gasteiger partial charge in [0.25, 0.3) is 0 Å². The first kappa shape index (κ1) is 12.0. The molecule has 90 valence electrons. The Hall–Kier alpha value is -0.450. The monoisotopic (exact) mass is 239 g/mol. The Bertz CT molecular complexity index is 324. The first-order valence-corrected chi connectivity index (χ1v) is 7.02. The molecule has 1 aliphatic heterocycles. The Morgan fingerprint density at radius 3 is 3.12 bits per heavy atom. The molecule has 1 aromatic heterocycles. The van der Waals surface area contributed by atoms with E-state index in [1.54, 1.807) is 11.3 Å². The number of aromatic nitrogens is 1. The van der Waals surface area contributed by atoms with Gasteiger partial charge in [0.15, 0.2) is 0 Å². The van der Waals surface area contributed by atoms with Crippen molar-refractivity contribution in [2.75, 3.05) is 19.6 Å². The van der Waals surface area contributed by atoms with Crippen LogP contribution in [-0.4, -0.2) is 35.6 Å². The third-order valence-electron chi connectivity index (χ3n) is 3.49. The molecule has 2 rings (SSSR count). The SMILES string of the molecule is Cc1ncsc1CCN1CCCCC1CN. The molecule has 1 aliphatic rings. The fraction of sp³-hybridized carbons (Fsp3) is 0.750. The maximum absolute atomic E-state index is 5.82. The largest absolute Gasteiger partial charge is 0.329 e. The Morgan fingerprint density at radius 2 is 2.44 bits per heavy atom. The van der Waals surface area contributed by atoms with Gasteiger partial charge in [-0.05, 0) is 32.7 Å². The van der Waals surface area contributed by atoms with Crippen molar-refractivity contribution < 1.29 is 0 Å². The summed E-state index contributed by atoms with van der Waals surface area (Å²) in [6.07, 6.45) is 5.08. The minimum absolute atomic E-state index is 0.613. The van der Waals surface area contributed by atoms with Crippen molar-refractivity contribution in [1.29, 1.82) is 0 Å². The van der Waals surface area contributed by atoms with Crippen LogP contribution in [0.1, 0.15) is 29.8 Å². The predicted molar refractivity (Wildman–Crippen MR) is 68.8 cm³/mol. The summed E-state index contributed by atoms with van der Waals surface area (Å²) in [4.78, 5) is 8.28. The zero-order valence-electron chi connectivity index (χ0n) is 9.98. The van der Waals surface area contributed by atoms with Gasteiger partial charge < -0.3 is 5.73 Å². The van der Waals surface area contributed by atoms with Crippen LogP contribution in [0.15, 0.2) is 5.51 Å². The highest BCUT2D eigenvalue weighted by Gasteiger charge is 2.20. The van der Waals surface area contributed by atoms with Gasteiger partial charge in [0.1, 0.15) is 0 Å². The van der Waals surface area contributed by atoms with Crippen LogP contribution >= 0.6 is 11.3 Å². The van der Waals surface area contributed by atoms with Crippen molar-refractivity contribution in [3.63, 3.8) is 0 Å². The Kier molecular flexibility index (Phi) is 4.32. The highest BCUT2D eigenvalue weighted by atomic mass is 32.1. The number of rotatable bonds is 4. The van der Waals surface area contributed by atoms with Gasteiger partial charge in [-0.1, -0.05) is 6.42 Å². The van der Waals surface area contributed by atoms with Gasteiger partial charge in [-0.2, -0.15) is 0 Å². The summed E-state index contributed by atoms with van der Waals surface area (Å²) in [5.41, 5.74) is 8.97. The molecule has 3 nitrogen and oxygen atoms in total. The van der Waals surface area contributed by atoms with E-state index in [2.05, 4.69) is 16.8 Å². The first-order valence-electron chi connectivity index (χ1n) is 6.14. The predicted octanol–water partition coefficient (Wildman–Crippen LogP) is 1.81. The van der Waals surface area contributed by atoms with E-state index in [0.717, 1.165) is 19.5 Å². The van der Waals surface area contributed by atoms with Crippen LogP contribution in [0.3, 0.4) is 0 Å². The molecule has 0 amide bonds. The molecule has 1 saturated heterocycles. The molecule has 2 heterocycles. The molecular weight excluding hydrogens is 218 g/mol. The molecule has 0 spiro atoms. The number of nitrogens with two attached hydrogens (primary N) is 1. The van der Waals surface area contributed by atoms with E-state index in [9.17, 15) is 0 Å². The smallest absolute Gasteiger partial charge is 0.0797 e. The summed E-state index contributed by atoms with van der Waals surface area (Å²) in [6, 6.07) is 0.613. The summed E-state index contributed by atoms with van der Waals surface area (Å²) in [6.45, 7) is 5.27. The molecule has 1 unspecified atom stereocenters. The fourth-order valence-electron chi connectivity index (χ4n) is 2.43. The van der Waals surface area contributed by atoms with Gasteiger partial charge in [-0.25, -0.2) is 4.98 Å². The average molecular weight is 239 g/mol. The van der Waals surface area contributed by atoms with E-state index in [1.165, 1.54) is 36.4 Å². The highest BCUT2D eigenvalue weighted by molar-refractivity contribution is 7.09. The van der Waals surface area contributed by atoms with Crippen LogP contribution < -0.4 is 5.73 Å². The summed E-state index contributed by atoms with van der Waals surface area (Å²) >= 11 is 1.78. The lowest BCUT2D eigenvalue weighted by Gasteiger charge is -2.34. The van der Waals surface area contributed by atoms with Gasteiger partial charge >= 0.3 is 0 Å². The summed E-state index contributed by atoms with van der Waals surface area (Å²) in [5, 5.41) is 0. The zero-order chi connectivity index (χ0) is 11.4. The van der Waals surface area contributed by atoms with Crippen molar-refractivity contribution >= 4 is 11.3 Å². The van der Waals surface area contributed by atoms with Gasteiger partial charge in [-0.15, -0.1) is 11.3 Å². The van der Waals surface area contributed by atoms with Crippen molar-refractivity contribution in [1.82, 2.24) is 9.88 Å². The number of thiazole rings is 1. The third kappa shape index (κ3) is 2.81. The molecule has 2 N–H and O–H groups in total.